The summed E-state index contributed by atoms with van der Waals surface area (Å²) in [5, 5.41) is 17.9. The fourth-order valence-corrected chi connectivity index (χ4v) is 4.58. The number of hydrogen-bond donors (Lipinski definition) is 2. The van der Waals surface area contributed by atoms with Gasteiger partial charge in [0.05, 0.1) is 33.2 Å². The van der Waals surface area contributed by atoms with Gasteiger partial charge in [0.15, 0.2) is 5.75 Å². The molecule has 3 aromatic rings. The van der Waals surface area contributed by atoms with Gasteiger partial charge in [0, 0.05) is 7.05 Å². The number of rotatable bonds is 12. The fourth-order valence-electron chi connectivity index (χ4n) is 2.65. The Balaban J connectivity index is 1.49. The topological polar surface area (TPSA) is 79.1 Å². The Labute approximate surface area is 223 Å². The maximum absolute atomic E-state index is 9.13. The van der Waals surface area contributed by atoms with Crippen LogP contribution in [0.2, 0.25) is 0 Å². The zero-order valence-corrected chi connectivity index (χ0v) is 23.5. The highest BCUT2D eigenvalue weighted by Crippen LogP contribution is 2.45. The number of aliphatic hydroxyl groups excluding tert-OH is 1. The highest BCUT2D eigenvalue weighted by molar-refractivity contribution is 8.42. The maximum atomic E-state index is 9.13. The molecule has 1 N–H and O–H groups in total. The molecule has 0 aliphatic heterocycles. The molecular weight excluding hydrogens is 534 g/mol. The van der Waals surface area contributed by atoms with Crippen LogP contribution in [-0.4, -0.2) is 48.3 Å². The van der Waals surface area contributed by atoms with Gasteiger partial charge in [0.2, 0.25) is 11.8 Å². The second-order valence-electron chi connectivity index (χ2n) is 7.29. The van der Waals surface area contributed by atoms with E-state index in [1.807, 2.05) is 48.5 Å². The molecule has 0 saturated heterocycles. The van der Waals surface area contributed by atoms with Gasteiger partial charge >= 0.3 is 7.07 Å². The van der Waals surface area contributed by atoms with Crippen LogP contribution in [0.1, 0.15) is 16.7 Å². The van der Waals surface area contributed by atoms with Gasteiger partial charge in [0.1, 0.15) is 11.5 Å². The van der Waals surface area contributed by atoms with E-state index in [1.165, 1.54) is 0 Å². The molecule has 12 heteroatoms. The van der Waals surface area contributed by atoms with Gasteiger partial charge in [-0.2, -0.15) is 5.10 Å². The Kier molecular flexibility index (Phi) is 10.9. The summed E-state index contributed by atoms with van der Waals surface area (Å²) in [5.41, 5.74) is 2.64. The summed E-state index contributed by atoms with van der Waals surface area (Å²) in [6.07, 6.45) is 3.44. The number of methoxy groups -OCH3 is 1. The second kappa shape index (κ2) is 14.1. The number of ether oxygens (including phenoxy) is 1. The van der Waals surface area contributed by atoms with E-state index in [0.717, 1.165) is 22.4 Å². The molecule has 8 nitrogen and oxygen atoms in total. The quantitative estimate of drug-likeness (QED) is 0.125. The van der Waals surface area contributed by atoms with Gasteiger partial charge < -0.3 is 14.4 Å². The van der Waals surface area contributed by atoms with Crippen molar-refractivity contribution in [2.45, 2.75) is 6.61 Å². The first-order valence-corrected chi connectivity index (χ1v) is 15.3. The van der Waals surface area contributed by atoms with Crippen molar-refractivity contribution in [3.8, 4) is 17.2 Å². The lowest BCUT2D eigenvalue weighted by molar-refractivity contribution is 0.282. The van der Waals surface area contributed by atoms with Gasteiger partial charge in [-0.15, -0.1) is 5.10 Å². The van der Waals surface area contributed by atoms with Gasteiger partial charge in [-0.25, -0.2) is 4.78 Å². The molecule has 0 amide bonds. The van der Waals surface area contributed by atoms with Crippen LogP contribution < -0.4 is 13.8 Å². The lowest BCUT2D eigenvalue weighted by Crippen LogP contribution is -2.05. The molecule has 3 rings (SSSR count). The Morgan fingerprint density at radius 3 is 1.97 bits per heavy atom. The number of hydrogen-bond acceptors (Lipinski definition) is 9. The minimum atomic E-state index is -1.37. The predicted molar refractivity (Wildman–Crippen MR) is 154 cm³/mol. The smallest absolute Gasteiger partial charge is 0.497 e. The molecule has 0 heterocycles. The van der Waals surface area contributed by atoms with E-state index in [1.54, 1.807) is 67.5 Å². The molecule has 2 unspecified atom stereocenters. The predicted octanol–water partition coefficient (Wildman–Crippen LogP) is 5.81. The Morgan fingerprint density at radius 2 is 1.42 bits per heavy atom. The van der Waals surface area contributed by atoms with Crippen molar-refractivity contribution in [3.63, 3.8) is 0 Å². The van der Waals surface area contributed by atoms with Crippen LogP contribution >= 0.6 is 26.8 Å². The summed E-state index contributed by atoms with van der Waals surface area (Å²) in [6.45, 7) is -0.00666. The minimum absolute atomic E-state index is 0.00666. The van der Waals surface area contributed by atoms with E-state index < -0.39 is 14.6 Å². The molecular formula is C24H27N4O4P2S2+. The Hall–Kier alpha value is -2.74. The summed E-state index contributed by atoms with van der Waals surface area (Å²) >= 11 is 9.99. The summed E-state index contributed by atoms with van der Waals surface area (Å²) < 4.78 is 20.1. The fraction of sp³-hybridized carbons (Fsp3) is 0.167. The first kappa shape index (κ1) is 27.8. The molecule has 188 valence electrons. The molecule has 2 atom stereocenters. The van der Waals surface area contributed by atoms with E-state index in [9.17, 15) is 0 Å². The van der Waals surface area contributed by atoms with E-state index in [4.69, 9.17) is 30.7 Å². The number of benzene rings is 3. The zero-order chi connectivity index (χ0) is 25.9. The second-order valence-corrected chi connectivity index (χ2v) is 11.8. The molecule has 0 saturated carbocycles. The zero-order valence-electron chi connectivity index (χ0n) is 20.0. The largest absolute Gasteiger partial charge is 0.540 e. The van der Waals surface area contributed by atoms with Crippen LogP contribution in [0.25, 0.3) is 0 Å². The average Bonchev–Trinajstić information content (AvgIpc) is 2.91. The Morgan fingerprint density at radius 1 is 0.889 bits per heavy atom. The monoisotopic (exact) mass is 561 g/mol. The van der Waals surface area contributed by atoms with Crippen molar-refractivity contribution in [2.24, 2.45) is 10.2 Å². The van der Waals surface area contributed by atoms with Crippen LogP contribution in [0.5, 0.6) is 17.2 Å². The number of aliphatic hydroxyl groups is 1. The third-order valence-corrected chi connectivity index (χ3v) is 8.57. The molecule has 0 aliphatic rings. The van der Waals surface area contributed by atoms with E-state index in [-0.39, 0.29) is 6.61 Å². The van der Waals surface area contributed by atoms with Crippen molar-refractivity contribution in [3.05, 3.63) is 89.5 Å². The molecule has 0 radical (unpaired) electrons. The third kappa shape index (κ3) is 8.73. The van der Waals surface area contributed by atoms with Crippen LogP contribution in [0, 0.1) is 0 Å². The van der Waals surface area contributed by atoms with E-state index in [0.29, 0.717) is 11.5 Å². The van der Waals surface area contributed by atoms with Crippen LogP contribution in [0.3, 0.4) is 0 Å². The van der Waals surface area contributed by atoms with Crippen molar-refractivity contribution in [2.75, 3.05) is 21.2 Å². The van der Waals surface area contributed by atoms with Crippen molar-refractivity contribution < 1.29 is 18.9 Å². The molecule has 0 fully saturated rings. The summed E-state index contributed by atoms with van der Waals surface area (Å²) in [7, 11) is 2.57. The van der Waals surface area contributed by atoms with Gasteiger partial charge in [0.25, 0.3) is 7.50 Å². The highest BCUT2D eigenvalue weighted by Gasteiger charge is 2.20. The first-order chi connectivity index (χ1) is 17.4. The first-order valence-electron chi connectivity index (χ1n) is 10.7. The molecule has 0 aromatic heterocycles. The highest BCUT2D eigenvalue weighted by atomic mass is 32.7. The van der Waals surface area contributed by atoms with Crippen molar-refractivity contribution in [1.29, 1.82) is 0 Å². The lowest BCUT2D eigenvalue weighted by Gasteiger charge is -2.20. The maximum Gasteiger partial charge on any atom is 0.540 e. The third-order valence-electron chi connectivity index (χ3n) is 4.70. The molecule has 3 aromatic carbocycles. The van der Waals surface area contributed by atoms with Crippen molar-refractivity contribution >= 4 is 51.1 Å². The summed E-state index contributed by atoms with van der Waals surface area (Å²) in [4.78, 5) is 0. The van der Waals surface area contributed by atoms with Gasteiger partial charge in [-0.1, -0.05) is 29.2 Å². The summed E-state index contributed by atoms with van der Waals surface area (Å²) in [6, 6.07) is 22.2. The van der Waals surface area contributed by atoms with Gasteiger partial charge in [-0.3, -0.25) is 4.52 Å². The van der Waals surface area contributed by atoms with Crippen LogP contribution in [0.15, 0.2) is 83.0 Å². The number of thiol groups is 1. The molecule has 0 spiro atoms. The van der Waals surface area contributed by atoms with Crippen LogP contribution in [0.4, 0.5) is 0 Å². The van der Waals surface area contributed by atoms with Gasteiger partial charge in [-0.05, 0) is 77.4 Å². The standard InChI is InChI=1S/C24H27N4O4P2S2/c1-27(25-16-19-4-10-22(30-3)11-5-19)33(35)31-23-12-6-20(7-13-23)17-26-28(2)34(36)32-24-14-8-21(18-29)9-15-24/h4-17,29,36H,18H2,1-3H3/q+1/b25-16-,26-17-. The number of nitrogens with zero attached hydrogens (tertiary/aromatic N) is 4. The molecule has 0 aliphatic carbocycles. The van der Waals surface area contributed by atoms with E-state index >= 15 is 0 Å². The van der Waals surface area contributed by atoms with Crippen molar-refractivity contribution in [1.82, 2.24) is 9.56 Å². The summed E-state index contributed by atoms with van der Waals surface area (Å²) in [5.74, 6) is 2.11. The Bertz CT molecular complexity index is 1180. The number of hydrazone groups is 2. The molecule has 0 bridgehead atoms. The lowest BCUT2D eigenvalue weighted by atomic mass is 10.2. The molecule has 36 heavy (non-hydrogen) atoms. The SMILES string of the molecule is COc1ccc(/C=N\N(C)[P+](=S)Oc2ccc(/C=N\N(C)P(S)Oc3ccc(CO)cc3)cc2)cc1. The van der Waals surface area contributed by atoms with Crippen LogP contribution in [-0.2, 0) is 18.4 Å². The average molecular weight is 562 g/mol. The normalized spacial score (nSPS) is 12.4. The van der Waals surface area contributed by atoms with E-state index in [2.05, 4.69) is 22.5 Å². The minimum Gasteiger partial charge on any atom is -0.497 e.